The highest BCUT2D eigenvalue weighted by Crippen LogP contribution is 2.29. The number of fused-ring (bicyclic) bond motifs is 1. The van der Waals surface area contributed by atoms with E-state index < -0.39 is 10.0 Å². The zero-order chi connectivity index (χ0) is 21.7. The van der Waals surface area contributed by atoms with Crippen molar-refractivity contribution in [3.05, 3.63) is 54.6 Å². The average molecular weight is 440 g/mol. The molecule has 0 radical (unpaired) electrons. The number of nitrogens with zero attached hydrogens (tertiary/aromatic N) is 2. The molecule has 1 saturated carbocycles. The molecule has 0 unspecified atom stereocenters. The summed E-state index contributed by atoms with van der Waals surface area (Å²) in [5.74, 6) is 2.38. The second kappa shape index (κ2) is 9.62. The van der Waals surface area contributed by atoms with Crippen molar-refractivity contribution in [2.45, 2.75) is 30.6 Å². The van der Waals surface area contributed by atoms with Gasteiger partial charge >= 0.3 is 0 Å². The summed E-state index contributed by atoms with van der Waals surface area (Å²) in [6.07, 6.45) is 4.17. The zero-order valence-corrected chi connectivity index (χ0v) is 18.5. The van der Waals surface area contributed by atoms with E-state index in [1.807, 2.05) is 37.4 Å². The molecular weight excluding hydrogens is 410 g/mol. The number of para-hydroxylation sites is 1. The first-order valence-corrected chi connectivity index (χ1v) is 12.3. The van der Waals surface area contributed by atoms with Gasteiger partial charge in [0.25, 0.3) is 0 Å². The van der Waals surface area contributed by atoms with E-state index in [9.17, 15) is 8.42 Å². The third-order valence-electron chi connectivity index (χ3n) is 5.97. The second-order valence-corrected chi connectivity index (χ2v) is 9.86. The highest BCUT2D eigenvalue weighted by molar-refractivity contribution is 7.89. The minimum absolute atomic E-state index is 0.323. The molecule has 8 heteroatoms. The van der Waals surface area contributed by atoms with Gasteiger partial charge in [0.1, 0.15) is 5.82 Å². The Morgan fingerprint density at radius 3 is 2.23 bits per heavy atom. The normalized spacial score (nSPS) is 19.3. The molecule has 0 amide bonds. The standard InChI is InChI=1S/C23H29N5O2S/c1-24-22-20-9-5-6-10-21(20)27-23(28-22)25-15-17-11-13-18(14-12-17)16-26-31(29,30)19-7-3-2-4-8-19/h2-10,17-18,26H,11-16H2,1H3,(H2,24,25,27,28). The molecule has 3 N–H and O–H groups in total. The Morgan fingerprint density at radius 1 is 0.871 bits per heavy atom. The van der Waals surface area contributed by atoms with E-state index in [1.54, 1.807) is 24.3 Å². The minimum atomic E-state index is -3.43. The van der Waals surface area contributed by atoms with Gasteiger partial charge in [-0.05, 0) is 61.8 Å². The van der Waals surface area contributed by atoms with Crippen LogP contribution < -0.4 is 15.4 Å². The summed E-state index contributed by atoms with van der Waals surface area (Å²) >= 11 is 0. The molecule has 4 rings (SSSR count). The molecular formula is C23H29N5O2S. The Balaban J connectivity index is 1.27. The number of benzene rings is 2. The minimum Gasteiger partial charge on any atom is -0.372 e. The Labute approximate surface area is 183 Å². The Bertz CT molecular complexity index is 1110. The van der Waals surface area contributed by atoms with Crippen LogP contribution in [0.25, 0.3) is 10.9 Å². The third-order valence-corrected chi connectivity index (χ3v) is 7.41. The molecule has 7 nitrogen and oxygen atoms in total. The molecule has 0 atom stereocenters. The number of hydrogen-bond acceptors (Lipinski definition) is 6. The molecule has 1 heterocycles. The topological polar surface area (TPSA) is 96.0 Å². The Morgan fingerprint density at radius 2 is 1.52 bits per heavy atom. The number of nitrogens with one attached hydrogen (secondary N) is 3. The second-order valence-electron chi connectivity index (χ2n) is 8.10. The van der Waals surface area contributed by atoms with Crippen molar-refractivity contribution < 1.29 is 8.42 Å². The summed E-state index contributed by atoms with van der Waals surface area (Å²) in [4.78, 5) is 9.55. The summed E-state index contributed by atoms with van der Waals surface area (Å²) in [6.45, 7) is 1.32. The zero-order valence-electron chi connectivity index (χ0n) is 17.7. The average Bonchev–Trinajstić information content (AvgIpc) is 2.82. The summed E-state index contributed by atoms with van der Waals surface area (Å²) < 4.78 is 27.6. The predicted octanol–water partition coefficient (Wildman–Crippen LogP) is 3.87. The van der Waals surface area contributed by atoms with Crippen LogP contribution in [0.4, 0.5) is 11.8 Å². The van der Waals surface area contributed by atoms with Crippen molar-refractivity contribution in [2.24, 2.45) is 11.8 Å². The molecule has 0 saturated heterocycles. The molecule has 164 valence electrons. The van der Waals surface area contributed by atoms with Crippen LogP contribution in [0.2, 0.25) is 0 Å². The Kier molecular flexibility index (Phi) is 6.67. The maximum atomic E-state index is 12.4. The van der Waals surface area contributed by atoms with E-state index in [0.29, 0.717) is 29.2 Å². The van der Waals surface area contributed by atoms with Gasteiger partial charge in [0.15, 0.2) is 0 Å². The monoisotopic (exact) mass is 439 g/mol. The van der Waals surface area contributed by atoms with Gasteiger partial charge < -0.3 is 10.6 Å². The maximum absolute atomic E-state index is 12.4. The van der Waals surface area contributed by atoms with E-state index in [1.165, 1.54) is 0 Å². The number of rotatable bonds is 8. The van der Waals surface area contributed by atoms with Gasteiger partial charge in [-0.2, -0.15) is 4.98 Å². The predicted molar refractivity (Wildman–Crippen MR) is 125 cm³/mol. The molecule has 31 heavy (non-hydrogen) atoms. The van der Waals surface area contributed by atoms with Crippen molar-refractivity contribution in [3.8, 4) is 0 Å². The van der Waals surface area contributed by atoms with Gasteiger partial charge in [0, 0.05) is 25.5 Å². The van der Waals surface area contributed by atoms with Gasteiger partial charge in [-0.1, -0.05) is 30.3 Å². The number of hydrogen-bond donors (Lipinski definition) is 3. The lowest BCUT2D eigenvalue weighted by molar-refractivity contribution is 0.284. The van der Waals surface area contributed by atoms with E-state index in [2.05, 4.69) is 25.3 Å². The van der Waals surface area contributed by atoms with Crippen molar-refractivity contribution in [1.29, 1.82) is 0 Å². The van der Waals surface area contributed by atoms with Gasteiger partial charge in [-0.25, -0.2) is 18.1 Å². The van der Waals surface area contributed by atoms with Crippen molar-refractivity contribution in [3.63, 3.8) is 0 Å². The molecule has 1 aliphatic rings. The fourth-order valence-corrected chi connectivity index (χ4v) is 5.27. The van der Waals surface area contributed by atoms with Crippen LogP contribution in [0, 0.1) is 11.8 Å². The first-order valence-electron chi connectivity index (χ1n) is 10.8. The lowest BCUT2D eigenvalue weighted by Gasteiger charge is -2.28. The largest absolute Gasteiger partial charge is 0.372 e. The van der Waals surface area contributed by atoms with E-state index in [-0.39, 0.29) is 0 Å². The maximum Gasteiger partial charge on any atom is 0.240 e. The first-order chi connectivity index (χ1) is 15.0. The summed E-state index contributed by atoms with van der Waals surface area (Å²) in [5.41, 5.74) is 0.916. The van der Waals surface area contributed by atoms with Crippen LogP contribution in [0.15, 0.2) is 59.5 Å². The van der Waals surface area contributed by atoms with Gasteiger partial charge in [0.05, 0.1) is 10.4 Å². The lowest BCUT2D eigenvalue weighted by Crippen LogP contribution is -2.32. The van der Waals surface area contributed by atoms with Gasteiger partial charge in [-0.15, -0.1) is 0 Å². The highest BCUT2D eigenvalue weighted by atomic mass is 32.2. The quantitative estimate of drug-likeness (QED) is 0.493. The molecule has 1 aromatic heterocycles. The summed E-state index contributed by atoms with van der Waals surface area (Å²) in [5, 5.41) is 7.55. The molecule has 1 aliphatic carbocycles. The van der Waals surface area contributed by atoms with Crippen LogP contribution >= 0.6 is 0 Å². The number of aromatic nitrogens is 2. The summed E-state index contributed by atoms with van der Waals surface area (Å²) in [7, 11) is -1.56. The van der Waals surface area contributed by atoms with Crippen molar-refractivity contribution >= 4 is 32.7 Å². The van der Waals surface area contributed by atoms with Crippen LogP contribution in [0.5, 0.6) is 0 Å². The smallest absolute Gasteiger partial charge is 0.240 e. The van der Waals surface area contributed by atoms with Crippen LogP contribution in [-0.2, 0) is 10.0 Å². The van der Waals surface area contributed by atoms with E-state index >= 15 is 0 Å². The molecule has 0 spiro atoms. The van der Waals surface area contributed by atoms with Crippen molar-refractivity contribution in [1.82, 2.24) is 14.7 Å². The molecule has 0 bridgehead atoms. The van der Waals surface area contributed by atoms with E-state index in [4.69, 9.17) is 0 Å². The molecule has 0 aliphatic heterocycles. The fourth-order valence-electron chi connectivity index (χ4n) is 4.13. The molecule has 2 aromatic carbocycles. The molecule has 1 fully saturated rings. The fraction of sp³-hybridized carbons (Fsp3) is 0.391. The van der Waals surface area contributed by atoms with Crippen LogP contribution in [-0.4, -0.2) is 38.5 Å². The number of sulfonamides is 1. The van der Waals surface area contributed by atoms with Gasteiger partial charge in [-0.3, -0.25) is 0 Å². The summed E-state index contributed by atoms with van der Waals surface area (Å²) in [6, 6.07) is 16.5. The van der Waals surface area contributed by atoms with Crippen molar-refractivity contribution in [2.75, 3.05) is 30.8 Å². The van der Waals surface area contributed by atoms with Crippen LogP contribution in [0.3, 0.4) is 0 Å². The number of anilines is 2. The van der Waals surface area contributed by atoms with E-state index in [0.717, 1.165) is 48.9 Å². The van der Waals surface area contributed by atoms with Gasteiger partial charge in [0.2, 0.25) is 16.0 Å². The lowest BCUT2D eigenvalue weighted by atomic mass is 9.82. The van der Waals surface area contributed by atoms with Crippen LogP contribution in [0.1, 0.15) is 25.7 Å². The highest BCUT2D eigenvalue weighted by Gasteiger charge is 2.23. The SMILES string of the molecule is CNc1nc(NCC2CCC(CNS(=O)(=O)c3ccccc3)CC2)nc2ccccc12. The third kappa shape index (κ3) is 5.32. The Hall–Kier alpha value is -2.71. The first kappa shape index (κ1) is 21.5. The molecule has 3 aromatic rings.